The highest BCUT2D eigenvalue weighted by molar-refractivity contribution is 5.77. The van der Waals surface area contributed by atoms with Gasteiger partial charge in [0.05, 0.1) is 17.9 Å². The van der Waals surface area contributed by atoms with Gasteiger partial charge in [-0.3, -0.25) is 14.7 Å². The first-order chi connectivity index (χ1) is 12.3. The number of halogens is 1. The van der Waals surface area contributed by atoms with Crippen molar-refractivity contribution in [3.63, 3.8) is 0 Å². The second-order valence-corrected chi connectivity index (χ2v) is 5.97. The Morgan fingerprint density at radius 2 is 2.24 bits per heavy atom. The zero-order valence-corrected chi connectivity index (χ0v) is 13.6. The van der Waals surface area contributed by atoms with E-state index in [0.29, 0.717) is 19.5 Å². The lowest BCUT2D eigenvalue weighted by molar-refractivity contribution is 0.393. The fraction of sp³-hybridized carbons (Fsp3) is 0.211. The number of nitrogens with zero attached hydrogens (tertiary/aromatic N) is 4. The van der Waals surface area contributed by atoms with Crippen LogP contribution in [0, 0.1) is 5.92 Å². The van der Waals surface area contributed by atoms with Gasteiger partial charge in [-0.25, -0.2) is 4.39 Å². The van der Waals surface area contributed by atoms with Crippen molar-refractivity contribution < 1.29 is 4.39 Å². The Labute approximate surface area is 145 Å². The fourth-order valence-corrected chi connectivity index (χ4v) is 2.95. The number of aromatic nitrogens is 3. The maximum Gasteiger partial charge on any atom is 0.111 e. The number of hydrogen-bond donors (Lipinski definition) is 1. The van der Waals surface area contributed by atoms with Crippen molar-refractivity contribution >= 4 is 11.9 Å². The molecule has 0 amide bonds. The van der Waals surface area contributed by atoms with Crippen LogP contribution in [-0.4, -0.2) is 27.5 Å². The van der Waals surface area contributed by atoms with E-state index in [4.69, 9.17) is 0 Å². The summed E-state index contributed by atoms with van der Waals surface area (Å²) >= 11 is 0. The van der Waals surface area contributed by atoms with Gasteiger partial charge in [0.1, 0.15) is 17.2 Å². The second kappa shape index (κ2) is 6.84. The van der Waals surface area contributed by atoms with E-state index in [0.717, 1.165) is 22.8 Å². The molecule has 1 aliphatic heterocycles. The minimum atomic E-state index is -0.207. The van der Waals surface area contributed by atoms with E-state index in [1.54, 1.807) is 12.3 Å². The molecular formula is C19H18FN5. The highest BCUT2D eigenvalue weighted by Crippen LogP contribution is 2.28. The van der Waals surface area contributed by atoms with Crippen molar-refractivity contribution in [2.24, 2.45) is 10.9 Å². The van der Waals surface area contributed by atoms with Gasteiger partial charge in [-0.15, -0.1) is 0 Å². The smallest absolute Gasteiger partial charge is 0.111 e. The molecule has 1 atom stereocenters. The molecule has 3 heterocycles. The molecule has 1 aliphatic carbocycles. The zero-order valence-electron chi connectivity index (χ0n) is 13.6. The number of allylic oxidation sites excluding steroid dienone is 4. The molecule has 0 saturated carbocycles. The van der Waals surface area contributed by atoms with Gasteiger partial charge in [0.25, 0.3) is 0 Å². The van der Waals surface area contributed by atoms with Crippen molar-refractivity contribution in [3.05, 3.63) is 66.4 Å². The normalized spacial score (nSPS) is 19.3. The Morgan fingerprint density at radius 3 is 3.00 bits per heavy atom. The van der Waals surface area contributed by atoms with Gasteiger partial charge in [0.15, 0.2) is 0 Å². The van der Waals surface area contributed by atoms with Crippen LogP contribution in [0.25, 0.3) is 17.1 Å². The van der Waals surface area contributed by atoms with Crippen LogP contribution in [0.2, 0.25) is 0 Å². The molecule has 6 heteroatoms. The highest BCUT2D eigenvalue weighted by Gasteiger charge is 2.21. The van der Waals surface area contributed by atoms with Gasteiger partial charge in [0.2, 0.25) is 0 Å². The van der Waals surface area contributed by atoms with Gasteiger partial charge >= 0.3 is 0 Å². The van der Waals surface area contributed by atoms with Crippen LogP contribution >= 0.6 is 0 Å². The van der Waals surface area contributed by atoms with E-state index < -0.39 is 0 Å². The number of nitrogens with one attached hydrogen (secondary N) is 1. The number of aliphatic imine (C=N–C) groups is 1. The third-order valence-corrected chi connectivity index (χ3v) is 4.24. The SMILES string of the molecule is FC1=CC=CCC1Cn1nc(-c2ccccn2)cc1C1=CNCC=N1. The van der Waals surface area contributed by atoms with E-state index in [2.05, 4.69) is 20.4 Å². The lowest BCUT2D eigenvalue weighted by Crippen LogP contribution is -2.18. The molecule has 5 nitrogen and oxygen atoms in total. The summed E-state index contributed by atoms with van der Waals surface area (Å²) < 4.78 is 16.0. The summed E-state index contributed by atoms with van der Waals surface area (Å²) in [6, 6.07) is 7.67. The molecule has 126 valence electrons. The Balaban J connectivity index is 1.72. The molecule has 2 aliphatic rings. The Kier molecular flexibility index (Phi) is 4.24. The van der Waals surface area contributed by atoms with Crippen molar-refractivity contribution in [1.82, 2.24) is 20.1 Å². The molecular weight excluding hydrogens is 317 g/mol. The lowest BCUT2D eigenvalue weighted by Gasteiger charge is -2.18. The number of pyridine rings is 1. The molecule has 0 saturated heterocycles. The molecule has 2 aromatic heterocycles. The summed E-state index contributed by atoms with van der Waals surface area (Å²) in [7, 11) is 0. The minimum Gasteiger partial charge on any atom is -0.384 e. The fourth-order valence-electron chi connectivity index (χ4n) is 2.95. The van der Waals surface area contributed by atoms with Crippen LogP contribution in [0.1, 0.15) is 12.1 Å². The summed E-state index contributed by atoms with van der Waals surface area (Å²) in [5.74, 6) is -0.316. The van der Waals surface area contributed by atoms with Crippen molar-refractivity contribution in [2.45, 2.75) is 13.0 Å². The lowest BCUT2D eigenvalue weighted by atomic mass is 9.99. The maximum atomic E-state index is 14.1. The predicted molar refractivity (Wildman–Crippen MR) is 96.4 cm³/mol. The van der Waals surface area contributed by atoms with E-state index in [-0.39, 0.29) is 11.7 Å². The predicted octanol–water partition coefficient (Wildman–Crippen LogP) is 3.35. The third-order valence-electron chi connectivity index (χ3n) is 4.24. The molecule has 0 fully saturated rings. The topological polar surface area (TPSA) is 55.1 Å². The molecule has 0 bridgehead atoms. The first-order valence-electron chi connectivity index (χ1n) is 8.29. The third kappa shape index (κ3) is 3.28. The van der Waals surface area contributed by atoms with Crippen LogP contribution in [0.15, 0.2) is 65.7 Å². The van der Waals surface area contributed by atoms with Crippen molar-refractivity contribution in [2.75, 3.05) is 6.54 Å². The monoisotopic (exact) mass is 335 g/mol. The molecule has 0 radical (unpaired) electrons. The molecule has 1 N–H and O–H groups in total. The van der Waals surface area contributed by atoms with E-state index in [1.807, 2.05) is 47.4 Å². The molecule has 2 aromatic rings. The zero-order chi connectivity index (χ0) is 17.1. The van der Waals surface area contributed by atoms with Crippen LogP contribution in [0.5, 0.6) is 0 Å². The number of hydrogen-bond acceptors (Lipinski definition) is 4. The first-order valence-corrected chi connectivity index (χ1v) is 8.29. The largest absolute Gasteiger partial charge is 0.384 e. The average Bonchev–Trinajstić information content (AvgIpc) is 3.09. The van der Waals surface area contributed by atoms with Crippen molar-refractivity contribution in [1.29, 1.82) is 0 Å². The minimum absolute atomic E-state index is 0.109. The second-order valence-electron chi connectivity index (χ2n) is 5.97. The van der Waals surface area contributed by atoms with Crippen LogP contribution in [0.3, 0.4) is 0 Å². The summed E-state index contributed by atoms with van der Waals surface area (Å²) in [6.07, 6.45) is 11.3. The standard InChI is InChI=1S/C19H18FN5/c20-15-6-2-1-5-14(15)13-25-19(18-12-21-9-10-23-18)11-17(24-25)16-7-3-4-8-22-16/h1-4,6-8,10-12,14,21H,5,9,13H2. The first kappa shape index (κ1) is 15.5. The molecule has 25 heavy (non-hydrogen) atoms. The molecule has 1 unspecified atom stereocenters. The summed E-state index contributed by atoms with van der Waals surface area (Å²) in [4.78, 5) is 8.81. The summed E-state index contributed by atoms with van der Waals surface area (Å²) in [5.41, 5.74) is 3.19. The highest BCUT2D eigenvalue weighted by atomic mass is 19.1. The van der Waals surface area contributed by atoms with Crippen LogP contribution < -0.4 is 5.32 Å². The molecule has 0 spiro atoms. The summed E-state index contributed by atoms with van der Waals surface area (Å²) in [5, 5.41) is 7.84. The van der Waals surface area contributed by atoms with Crippen molar-refractivity contribution in [3.8, 4) is 11.4 Å². The number of rotatable bonds is 4. The van der Waals surface area contributed by atoms with Gasteiger partial charge in [-0.05, 0) is 30.7 Å². The quantitative estimate of drug-likeness (QED) is 0.932. The Morgan fingerprint density at radius 1 is 1.28 bits per heavy atom. The van der Waals surface area contributed by atoms with Crippen LogP contribution in [0.4, 0.5) is 4.39 Å². The maximum absolute atomic E-state index is 14.1. The van der Waals surface area contributed by atoms with Gasteiger partial charge in [-0.2, -0.15) is 5.10 Å². The van der Waals surface area contributed by atoms with E-state index >= 15 is 0 Å². The Hall–Kier alpha value is -3.02. The Bertz CT molecular complexity index is 876. The van der Waals surface area contributed by atoms with E-state index in [1.165, 1.54) is 6.08 Å². The molecule has 0 aromatic carbocycles. The van der Waals surface area contributed by atoms with Gasteiger partial charge in [0, 0.05) is 31.1 Å². The van der Waals surface area contributed by atoms with Crippen LogP contribution in [-0.2, 0) is 6.54 Å². The summed E-state index contributed by atoms with van der Waals surface area (Å²) in [6.45, 7) is 1.16. The molecule has 4 rings (SSSR count). The van der Waals surface area contributed by atoms with E-state index in [9.17, 15) is 4.39 Å². The van der Waals surface area contributed by atoms with Gasteiger partial charge in [-0.1, -0.05) is 18.2 Å². The average molecular weight is 335 g/mol. The van der Waals surface area contributed by atoms with Gasteiger partial charge < -0.3 is 5.32 Å².